The molecule has 5 heteroatoms. The average molecular weight is 264 g/mol. The summed E-state index contributed by atoms with van der Waals surface area (Å²) in [5, 5.41) is 14.0. The number of hydrogen-bond acceptors (Lipinski definition) is 3. The van der Waals surface area contributed by atoms with E-state index in [0.717, 1.165) is 0 Å². The summed E-state index contributed by atoms with van der Waals surface area (Å²) in [4.78, 5) is 0. The number of hydrogen-bond donors (Lipinski definition) is 1. The molecule has 0 atom stereocenters. The van der Waals surface area contributed by atoms with Gasteiger partial charge in [-0.15, -0.1) is 0 Å². The largest absolute Gasteiger partial charge is 0.506 e. The molecule has 0 aliphatic carbocycles. The molecule has 1 aromatic heterocycles. The molecule has 3 rings (SSSR count). The van der Waals surface area contributed by atoms with Crippen LogP contribution in [0.15, 0.2) is 40.9 Å². The smallest absolute Gasteiger partial charge is 0.171 e. The van der Waals surface area contributed by atoms with Gasteiger partial charge < -0.3 is 9.63 Å². The zero-order valence-corrected chi connectivity index (χ0v) is 9.78. The predicted octanol–water partition coefficient (Wildman–Crippen LogP) is 3.99. The fraction of sp³-hybridized carbons (Fsp3) is 0. The number of nitrogens with zero attached hydrogens (tertiary/aromatic N) is 1. The highest BCUT2D eigenvalue weighted by Crippen LogP contribution is 2.35. The molecule has 0 unspecified atom stereocenters. The lowest BCUT2D eigenvalue weighted by atomic mass is 10.1. The maximum absolute atomic E-state index is 13.7. The molecule has 3 nitrogen and oxygen atoms in total. The lowest BCUT2D eigenvalue weighted by molar-refractivity contribution is 0.451. The van der Waals surface area contributed by atoms with E-state index in [0.29, 0.717) is 22.2 Å². The Bertz CT molecular complexity index is 739. The molecule has 0 aliphatic rings. The van der Waals surface area contributed by atoms with E-state index >= 15 is 0 Å². The fourth-order valence-electron chi connectivity index (χ4n) is 1.79. The van der Waals surface area contributed by atoms with E-state index in [9.17, 15) is 9.50 Å². The highest BCUT2D eigenvalue weighted by Gasteiger charge is 2.15. The lowest BCUT2D eigenvalue weighted by Crippen LogP contribution is -1.83. The van der Waals surface area contributed by atoms with Crippen molar-refractivity contribution in [3.63, 3.8) is 0 Å². The number of fused-ring (bicyclic) bond motifs is 1. The fourth-order valence-corrected chi connectivity index (χ4v) is 1.96. The number of phenolic OH excluding ortho intramolecular Hbond substituents is 1. The van der Waals surface area contributed by atoms with Crippen LogP contribution in [0.1, 0.15) is 0 Å². The third kappa shape index (κ3) is 1.62. The molecular formula is C13H7ClFNO2. The Hall–Kier alpha value is -2.07. The van der Waals surface area contributed by atoms with E-state index in [1.165, 1.54) is 18.2 Å². The molecule has 2 aromatic carbocycles. The summed E-state index contributed by atoms with van der Waals surface area (Å²) >= 11 is 5.83. The third-order valence-corrected chi connectivity index (χ3v) is 2.97. The minimum Gasteiger partial charge on any atom is -0.506 e. The second-order valence-electron chi connectivity index (χ2n) is 3.81. The topological polar surface area (TPSA) is 46.3 Å². The van der Waals surface area contributed by atoms with Crippen molar-refractivity contribution in [2.75, 3.05) is 0 Å². The summed E-state index contributed by atoms with van der Waals surface area (Å²) < 4.78 is 18.8. The van der Waals surface area contributed by atoms with Gasteiger partial charge in [-0.25, -0.2) is 4.39 Å². The van der Waals surface area contributed by atoms with E-state index in [-0.39, 0.29) is 10.8 Å². The van der Waals surface area contributed by atoms with Crippen LogP contribution in [-0.2, 0) is 0 Å². The van der Waals surface area contributed by atoms with E-state index < -0.39 is 5.82 Å². The zero-order chi connectivity index (χ0) is 12.7. The van der Waals surface area contributed by atoms with Crippen molar-refractivity contribution >= 4 is 22.6 Å². The quantitative estimate of drug-likeness (QED) is 0.722. The van der Waals surface area contributed by atoms with Gasteiger partial charge in [0.25, 0.3) is 0 Å². The molecule has 0 fully saturated rings. The van der Waals surface area contributed by atoms with Crippen LogP contribution in [0.4, 0.5) is 4.39 Å². The van der Waals surface area contributed by atoms with Crippen molar-refractivity contribution in [3.8, 4) is 17.0 Å². The molecule has 0 bridgehead atoms. The van der Waals surface area contributed by atoms with Crippen molar-refractivity contribution < 1.29 is 14.0 Å². The van der Waals surface area contributed by atoms with Gasteiger partial charge in [-0.2, -0.15) is 0 Å². The Morgan fingerprint density at radius 3 is 2.78 bits per heavy atom. The second kappa shape index (κ2) is 3.99. The van der Waals surface area contributed by atoms with Crippen molar-refractivity contribution in [1.82, 2.24) is 5.16 Å². The SMILES string of the molecule is Oc1cc2onc(-c3ccccc3F)c2cc1Cl. The summed E-state index contributed by atoms with van der Waals surface area (Å²) in [7, 11) is 0. The average Bonchev–Trinajstić information content (AvgIpc) is 2.73. The van der Waals surface area contributed by atoms with Crippen molar-refractivity contribution in [3.05, 3.63) is 47.2 Å². The summed E-state index contributed by atoms with van der Waals surface area (Å²) in [6.07, 6.45) is 0. The summed E-state index contributed by atoms with van der Waals surface area (Å²) in [5.41, 5.74) is 1.05. The molecule has 3 aromatic rings. The van der Waals surface area contributed by atoms with Crippen molar-refractivity contribution in [1.29, 1.82) is 0 Å². The van der Waals surface area contributed by atoms with E-state index in [1.54, 1.807) is 18.2 Å². The number of aromatic nitrogens is 1. The van der Waals surface area contributed by atoms with Crippen LogP contribution in [0.3, 0.4) is 0 Å². The van der Waals surface area contributed by atoms with Crippen LogP contribution in [0.2, 0.25) is 5.02 Å². The third-order valence-electron chi connectivity index (χ3n) is 2.67. The van der Waals surface area contributed by atoms with Gasteiger partial charge in [0, 0.05) is 11.6 Å². The minimum absolute atomic E-state index is 0.0969. The molecule has 0 saturated heterocycles. The van der Waals surface area contributed by atoms with Crippen LogP contribution in [0.5, 0.6) is 5.75 Å². The number of benzene rings is 2. The molecule has 0 amide bonds. The normalized spacial score (nSPS) is 11.0. The second-order valence-corrected chi connectivity index (χ2v) is 4.22. The number of aromatic hydroxyl groups is 1. The van der Waals surface area contributed by atoms with E-state index in [1.807, 2.05) is 0 Å². The zero-order valence-electron chi connectivity index (χ0n) is 9.02. The van der Waals surface area contributed by atoms with Crippen LogP contribution >= 0.6 is 11.6 Å². The molecule has 90 valence electrons. The molecule has 0 aliphatic heterocycles. The highest BCUT2D eigenvalue weighted by molar-refractivity contribution is 6.32. The number of halogens is 2. The van der Waals surface area contributed by atoms with Crippen LogP contribution < -0.4 is 0 Å². The van der Waals surface area contributed by atoms with Gasteiger partial charge in [0.15, 0.2) is 5.58 Å². The van der Waals surface area contributed by atoms with Gasteiger partial charge in [0.05, 0.1) is 10.4 Å². The van der Waals surface area contributed by atoms with E-state index in [4.69, 9.17) is 16.1 Å². The van der Waals surface area contributed by atoms with Crippen LogP contribution in [-0.4, -0.2) is 10.3 Å². The first-order valence-electron chi connectivity index (χ1n) is 5.19. The summed E-state index contributed by atoms with van der Waals surface area (Å²) in [6, 6.07) is 9.12. The molecule has 0 radical (unpaired) electrons. The van der Waals surface area contributed by atoms with Crippen LogP contribution in [0.25, 0.3) is 22.2 Å². The van der Waals surface area contributed by atoms with Gasteiger partial charge in [-0.3, -0.25) is 0 Å². The number of rotatable bonds is 1. The maximum atomic E-state index is 13.7. The first-order chi connectivity index (χ1) is 8.66. The predicted molar refractivity (Wildman–Crippen MR) is 66.1 cm³/mol. The summed E-state index contributed by atoms with van der Waals surface area (Å²) in [6.45, 7) is 0. The number of phenols is 1. The molecule has 1 N–H and O–H groups in total. The molecule has 0 spiro atoms. The van der Waals surface area contributed by atoms with Gasteiger partial charge in [-0.1, -0.05) is 28.9 Å². The highest BCUT2D eigenvalue weighted by atomic mass is 35.5. The lowest BCUT2D eigenvalue weighted by Gasteiger charge is -1.99. The van der Waals surface area contributed by atoms with Gasteiger partial charge in [0.1, 0.15) is 17.3 Å². The first-order valence-corrected chi connectivity index (χ1v) is 5.57. The Morgan fingerprint density at radius 2 is 2.00 bits per heavy atom. The Kier molecular flexibility index (Phi) is 2.45. The molecule has 1 heterocycles. The Labute approximate surface area is 106 Å². The van der Waals surface area contributed by atoms with Crippen molar-refractivity contribution in [2.24, 2.45) is 0 Å². The molecule has 0 saturated carbocycles. The Balaban J connectivity index is 2.31. The minimum atomic E-state index is -0.392. The standard InChI is InChI=1S/C13H7ClFNO2/c14-9-5-8-12(6-11(9)17)18-16-13(8)7-3-1-2-4-10(7)15/h1-6,17H. The van der Waals surface area contributed by atoms with Crippen LogP contribution in [0, 0.1) is 5.82 Å². The molecule has 18 heavy (non-hydrogen) atoms. The van der Waals surface area contributed by atoms with Gasteiger partial charge >= 0.3 is 0 Å². The van der Waals surface area contributed by atoms with Gasteiger partial charge in [-0.05, 0) is 18.2 Å². The Morgan fingerprint density at radius 1 is 1.22 bits per heavy atom. The van der Waals surface area contributed by atoms with Gasteiger partial charge in [0.2, 0.25) is 0 Å². The summed E-state index contributed by atoms with van der Waals surface area (Å²) in [5.74, 6) is -0.489. The monoisotopic (exact) mass is 263 g/mol. The van der Waals surface area contributed by atoms with E-state index in [2.05, 4.69) is 5.16 Å². The maximum Gasteiger partial charge on any atom is 0.171 e. The first kappa shape index (κ1) is 11.0. The van der Waals surface area contributed by atoms with Crippen molar-refractivity contribution in [2.45, 2.75) is 0 Å². The molecular weight excluding hydrogens is 257 g/mol.